The molecule has 1 aromatic rings. The lowest BCUT2D eigenvalue weighted by Crippen LogP contribution is -2.32. The predicted molar refractivity (Wildman–Crippen MR) is 87.8 cm³/mol. The molecule has 0 radical (unpaired) electrons. The van der Waals surface area contributed by atoms with Gasteiger partial charge < -0.3 is 10.4 Å². The molecule has 1 saturated carbocycles. The first kappa shape index (κ1) is 16.7. The zero-order valence-corrected chi connectivity index (χ0v) is 13.6. The molecule has 5 heteroatoms. The summed E-state index contributed by atoms with van der Waals surface area (Å²) in [6.07, 6.45) is 4.12. The van der Waals surface area contributed by atoms with Crippen LogP contribution in [0.4, 0.5) is 0 Å². The van der Waals surface area contributed by atoms with Gasteiger partial charge in [-0.1, -0.05) is 23.7 Å². The molecule has 21 heavy (non-hydrogen) atoms. The second kappa shape index (κ2) is 8.66. The number of amides is 1. The molecule has 2 rings (SSSR count). The number of aliphatic hydroxyl groups is 1. The van der Waals surface area contributed by atoms with Gasteiger partial charge >= 0.3 is 0 Å². The van der Waals surface area contributed by atoms with Crippen molar-refractivity contribution in [3.8, 4) is 0 Å². The molecule has 0 aromatic heterocycles. The van der Waals surface area contributed by atoms with E-state index in [-0.39, 0.29) is 12.0 Å². The quantitative estimate of drug-likeness (QED) is 0.786. The number of hydrogen-bond acceptors (Lipinski definition) is 3. The van der Waals surface area contributed by atoms with Crippen LogP contribution >= 0.6 is 23.4 Å². The van der Waals surface area contributed by atoms with Gasteiger partial charge in [-0.2, -0.15) is 0 Å². The maximum absolute atomic E-state index is 11.8. The van der Waals surface area contributed by atoms with Crippen molar-refractivity contribution in [2.45, 2.75) is 43.1 Å². The summed E-state index contributed by atoms with van der Waals surface area (Å²) in [5, 5.41) is 13.2. The maximum atomic E-state index is 11.8. The van der Waals surface area contributed by atoms with E-state index in [4.69, 9.17) is 11.6 Å². The highest BCUT2D eigenvalue weighted by atomic mass is 35.5. The molecule has 0 atom stereocenters. The molecule has 1 aliphatic rings. The van der Waals surface area contributed by atoms with E-state index in [1.807, 2.05) is 24.3 Å². The van der Waals surface area contributed by atoms with Crippen LogP contribution in [0.2, 0.25) is 5.02 Å². The predicted octanol–water partition coefficient (Wildman–Crippen LogP) is 3.49. The molecule has 0 bridgehead atoms. The molecule has 0 heterocycles. The second-order valence-electron chi connectivity index (χ2n) is 5.51. The van der Waals surface area contributed by atoms with Gasteiger partial charge in [0.2, 0.25) is 5.91 Å². The van der Waals surface area contributed by atoms with Gasteiger partial charge in [0, 0.05) is 23.6 Å². The Hall–Kier alpha value is -0.710. The number of benzene rings is 1. The van der Waals surface area contributed by atoms with Crippen molar-refractivity contribution >= 4 is 29.3 Å². The van der Waals surface area contributed by atoms with Crippen LogP contribution in [0.5, 0.6) is 0 Å². The minimum atomic E-state index is -0.135. The van der Waals surface area contributed by atoms with Crippen LogP contribution in [0.1, 0.15) is 32.1 Å². The van der Waals surface area contributed by atoms with E-state index >= 15 is 0 Å². The number of thioether (sulfide) groups is 1. The SMILES string of the molecule is O=C(CCSc1ccccc1Cl)NCC1CCC(O)CC1. The Morgan fingerprint density at radius 3 is 2.71 bits per heavy atom. The van der Waals surface area contributed by atoms with Crippen LogP contribution in [0.3, 0.4) is 0 Å². The second-order valence-corrected chi connectivity index (χ2v) is 7.05. The number of halogens is 1. The lowest BCUT2D eigenvalue weighted by atomic mass is 9.87. The van der Waals surface area contributed by atoms with E-state index in [9.17, 15) is 9.90 Å². The van der Waals surface area contributed by atoms with Gasteiger partial charge in [-0.05, 0) is 43.7 Å². The summed E-state index contributed by atoms with van der Waals surface area (Å²) >= 11 is 7.68. The Morgan fingerprint density at radius 2 is 2.00 bits per heavy atom. The van der Waals surface area contributed by atoms with E-state index in [1.165, 1.54) is 0 Å². The average Bonchev–Trinajstić information content (AvgIpc) is 2.49. The molecule has 116 valence electrons. The van der Waals surface area contributed by atoms with E-state index in [0.29, 0.717) is 12.3 Å². The normalized spacial score (nSPS) is 22.0. The number of carbonyl (C=O) groups excluding carboxylic acids is 1. The highest BCUT2D eigenvalue weighted by Crippen LogP contribution is 2.27. The monoisotopic (exact) mass is 327 g/mol. The molecule has 1 fully saturated rings. The molecule has 1 aromatic carbocycles. The third-order valence-corrected chi connectivity index (χ3v) is 5.34. The molecule has 3 nitrogen and oxygen atoms in total. The van der Waals surface area contributed by atoms with Gasteiger partial charge in [-0.3, -0.25) is 4.79 Å². The van der Waals surface area contributed by atoms with Gasteiger partial charge in [0.15, 0.2) is 0 Å². The largest absolute Gasteiger partial charge is 0.393 e. The lowest BCUT2D eigenvalue weighted by molar-refractivity contribution is -0.120. The standard InChI is InChI=1S/C16H22ClNO2S/c17-14-3-1-2-4-15(14)21-10-9-16(20)18-11-12-5-7-13(19)8-6-12/h1-4,12-13,19H,5-11H2,(H,18,20). The third-order valence-electron chi connectivity index (χ3n) is 3.83. The molecule has 1 amide bonds. The van der Waals surface area contributed by atoms with Gasteiger partial charge in [0.05, 0.1) is 11.1 Å². The zero-order chi connectivity index (χ0) is 15.1. The minimum absolute atomic E-state index is 0.0978. The van der Waals surface area contributed by atoms with Gasteiger partial charge in [0.1, 0.15) is 0 Å². The molecule has 2 N–H and O–H groups in total. The third kappa shape index (κ3) is 5.89. The average molecular weight is 328 g/mol. The zero-order valence-electron chi connectivity index (χ0n) is 12.1. The van der Waals surface area contributed by atoms with E-state index in [2.05, 4.69) is 5.32 Å². The van der Waals surface area contributed by atoms with Crippen molar-refractivity contribution in [2.75, 3.05) is 12.3 Å². The summed E-state index contributed by atoms with van der Waals surface area (Å²) in [5.74, 6) is 1.35. The van der Waals surface area contributed by atoms with E-state index in [0.717, 1.165) is 47.9 Å². The first-order valence-corrected chi connectivity index (χ1v) is 8.83. The summed E-state index contributed by atoms with van der Waals surface area (Å²) in [5.41, 5.74) is 0. The number of rotatable bonds is 6. The molecule has 1 aliphatic carbocycles. The number of aliphatic hydroxyl groups excluding tert-OH is 1. The highest BCUT2D eigenvalue weighted by Gasteiger charge is 2.19. The van der Waals surface area contributed by atoms with Crippen molar-refractivity contribution in [1.82, 2.24) is 5.32 Å². The Balaban J connectivity index is 1.61. The van der Waals surface area contributed by atoms with Crippen molar-refractivity contribution in [3.63, 3.8) is 0 Å². The summed E-state index contributed by atoms with van der Waals surface area (Å²) in [6.45, 7) is 0.738. The van der Waals surface area contributed by atoms with Crippen molar-refractivity contribution < 1.29 is 9.90 Å². The van der Waals surface area contributed by atoms with Crippen molar-refractivity contribution in [2.24, 2.45) is 5.92 Å². The Bertz CT molecular complexity index is 461. The summed E-state index contributed by atoms with van der Waals surface area (Å²) in [6, 6.07) is 7.69. The summed E-state index contributed by atoms with van der Waals surface area (Å²) in [4.78, 5) is 12.8. The first-order chi connectivity index (χ1) is 10.1. The van der Waals surface area contributed by atoms with Gasteiger partial charge in [0.25, 0.3) is 0 Å². The van der Waals surface area contributed by atoms with Crippen LogP contribution in [-0.2, 0) is 4.79 Å². The van der Waals surface area contributed by atoms with Crippen LogP contribution in [0, 0.1) is 5.92 Å². The lowest BCUT2D eigenvalue weighted by Gasteiger charge is -2.25. The first-order valence-electron chi connectivity index (χ1n) is 7.47. The van der Waals surface area contributed by atoms with Crippen molar-refractivity contribution in [3.05, 3.63) is 29.3 Å². The van der Waals surface area contributed by atoms with E-state index in [1.54, 1.807) is 11.8 Å². The Labute approximate surface area is 135 Å². The highest BCUT2D eigenvalue weighted by molar-refractivity contribution is 7.99. The fourth-order valence-electron chi connectivity index (χ4n) is 2.51. The smallest absolute Gasteiger partial charge is 0.220 e. The van der Waals surface area contributed by atoms with Crippen LogP contribution in [0.25, 0.3) is 0 Å². The fraction of sp³-hybridized carbons (Fsp3) is 0.562. The van der Waals surface area contributed by atoms with Crippen molar-refractivity contribution in [1.29, 1.82) is 0 Å². The molecule has 0 saturated heterocycles. The summed E-state index contributed by atoms with van der Waals surface area (Å²) in [7, 11) is 0. The van der Waals surface area contributed by atoms with Crippen LogP contribution in [-0.4, -0.2) is 29.4 Å². The summed E-state index contributed by atoms with van der Waals surface area (Å²) < 4.78 is 0. The van der Waals surface area contributed by atoms with Crippen LogP contribution in [0.15, 0.2) is 29.2 Å². The van der Waals surface area contributed by atoms with Crippen LogP contribution < -0.4 is 5.32 Å². The number of hydrogen-bond donors (Lipinski definition) is 2. The Morgan fingerprint density at radius 1 is 1.29 bits per heavy atom. The molecular weight excluding hydrogens is 306 g/mol. The fourth-order valence-corrected chi connectivity index (χ4v) is 3.70. The van der Waals surface area contributed by atoms with Gasteiger partial charge in [-0.25, -0.2) is 0 Å². The van der Waals surface area contributed by atoms with E-state index < -0.39 is 0 Å². The molecular formula is C16H22ClNO2S. The molecule has 0 unspecified atom stereocenters. The topological polar surface area (TPSA) is 49.3 Å². The number of carbonyl (C=O) groups is 1. The maximum Gasteiger partial charge on any atom is 0.220 e. The molecule has 0 spiro atoms. The Kier molecular flexibility index (Phi) is 6.87. The van der Waals surface area contributed by atoms with Gasteiger partial charge in [-0.15, -0.1) is 11.8 Å². The number of nitrogens with one attached hydrogen (secondary N) is 1. The minimum Gasteiger partial charge on any atom is -0.393 e. The molecule has 0 aliphatic heterocycles.